The number of rotatable bonds is 0. The third-order valence-electron chi connectivity index (χ3n) is 1.91. The number of hydrogen-bond donors (Lipinski definition) is 0. The fourth-order valence-electron chi connectivity index (χ4n) is 0.389. The van der Waals surface area contributed by atoms with Crippen molar-refractivity contribution < 1.29 is 60.1 Å². The van der Waals surface area contributed by atoms with Gasteiger partial charge in [0, 0.05) is 16.8 Å². The predicted octanol–water partition coefficient (Wildman–Crippen LogP) is -3.18. The molecule has 0 rings (SSSR count). The van der Waals surface area contributed by atoms with Crippen LogP contribution in [0.1, 0.15) is 0 Å². The van der Waals surface area contributed by atoms with E-state index in [9.17, 15) is 38.4 Å². The zero-order chi connectivity index (χ0) is 14.0. The van der Waals surface area contributed by atoms with Gasteiger partial charge in [-0.3, -0.25) is 0 Å². The zero-order valence-corrected chi connectivity index (χ0v) is 10.0. The van der Waals surface area contributed by atoms with Gasteiger partial charge in [-0.15, -0.1) is 0 Å². The van der Waals surface area contributed by atoms with Gasteiger partial charge in [0.2, 0.25) is 0 Å². The van der Waals surface area contributed by atoms with Gasteiger partial charge in [0.05, 0.1) is 0 Å². The molecule has 98 valence electrons. The van der Waals surface area contributed by atoms with Crippen molar-refractivity contribution in [2.24, 2.45) is 0 Å². The molecule has 0 aliphatic carbocycles. The molecule has 0 aliphatic heterocycles. The second kappa shape index (κ2) is 2.41. The topological polar surface area (TPSA) is 137 Å². The summed E-state index contributed by atoms with van der Waals surface area (Å²) in [5.74, 6) is 0. The zero-order valence-electron chi connectivity index (χ0n) is 7.93. The Kier molecular flexibility index (Phi) is 2.42. The van der Waals surface area contributed by atoms with Crippen molar-refractivity contribution in [1.29, 1.82) is 0 Å². The molecule has 0 amide bonds. The maximum absolute atomic E-state index is 10.8. The SMILES string of the molecule is O=[C]=[Co](=[C]=O)(=[C]=O)(=[C]=O)(=[C]=O)(=[C]=O)(=[C]=O)=[C]=O.[Co]. The van der Waals surface area contributed by atoms with Gasteiger partial charge >= 0.3 is 81.9 Å². The fourth-order valence-corrected chi connectivity index (χ4v) is 1.60. The first-order chi connectivity index (χ1) is 7.66. The molecule has 0 heterocycles. The first kappa shape index (κ1) is 18.0. The molecule has 0 atom stereocenters. The molecule has 0 unspecified atom stereocenters. The summed E-state index contributed by atoms with van der Waals surface area (Å²) in [5.41, 5.74) is 0. The first-order valence-corrected chi connectivity index (χ1v) is 7.13. The van der Waals surface area contributed by atoms with Crippen LogP contribution in [0.4, 0.5) is 0 Å². The molecule has 1 radical (unpaired) electrons. The van der Waals surface area contributed by atoms with Crippen LogP contribution in [-0.2, 0) is 60.1 Å². The van der Waals surface area contributed by atoms with Crippen LogP contribution in [0.25, 0.3) is 0 Å². The molecule has 0 fully saturated rings. The molecule has 0 N–H and O–H groups in total. The number of carbonyl (C=O) groups excluding carboxylic acids is 8. The van der Waals surface area contributed by atoms with Crippen LogP contribution >= 0.6 is 0 Å². The van der Waals surface area contributed by atoms with Crippen molar-refractivity contribution in [3.8, 4) is 0 Å². The Morgan fingerprint density at radius 2 is 0.500 bits per heavy atom. The molecule has 0 spiro atoms. The summed E-state index contributed by atoms with van der Waals surface area (Å²) in [5, 5.41) is 0. The third kappa shape index (κ3) is 0.759. The molecule has 0 bridgehead atoms. The Labute approximate surface area is 98.7 Å². The monoisotopic (exact) mass is 342 g/mol. The predicted molar refractivity (Wildman–Crippen MR) is 45.5 cm³/mol. The first-order valence-electron chi connectivity index (χ1n) is 2.97. The minimum atomic E-state index is -9.64. The fraction of sp³-hybridized carbons (Fsp3) is 0. The number of hydrogen-bond acceptors (Lipinski definition) is 8. The van der Waals surface area contributed by atoms with Crippen molar-refractivity contribution in [3.05, 3.63) is 0 Å². The molecular weight excluding hydrogens is 342 g/mol. The standard InChI is InChI=1S/8CO.2Co/c8*1-2;;. The van der Waals surface area contributed by atoms with Crippen LogP contribution < -0.4 is 0 Å². The normalized spacial score (nSPS) is 16.9. The second-order valence-corrected chi connectivity index (χ2v) is 11.9. The largest absolute Gasteiger partial charge is 0 e. The summed E-state index contributed by atoms with van der Waals surface area (Å²) in [4.78, 5) is 76.4. The summed E-state index contributed by atoms with van der Waals surface area (Å²) in [6.45, 7) is 0. The molecule has 18 heavy (non-hydrogen) atoms. The minimum absolute atomic E-state index is 0. The quantitative estimate of drug-likeness (QED) is 0.449. The molecule has 0 aromatic heterocycles. The van der Waals surface area contributed by atoms with Crippen LogP contribution in [0.3, 0.4) is 0 Å². The Morgan fingerprint density at radius 3 is 0.500 bits per heavy atom. The summed E-state index contributed by atoms with van der Waals surface area (Å²) in [6.07, 6.45) is 0. The van der Waals surface area contributed by atoms with Crippen LogP contribution in [0, 0.1) is 0 Å². The van der Waals surface area contributed by atoms with E-state index in [4.69, 9.17) is 0 Å². The van der Waals surface area contributed by atoms with Gasteiger partial charge in [-0.25, -0.2) is 0 Å². The Morgan fingerprint density at radius 1 is 0.389 bits per heavy atom. The smallest absolute Gasteiger partial charge is 0 e. The molecular formula is C8Co2O8. The van der Waals surface area contributed by atoms with Crippen LogP contribution in [0.15, 0.2) is 0 Å². The van der Waals surface area contributed by atoms with Crippen molar-refractivity contribution >= 4 is 38.6 Å². The third-order valence-corrected chi connectivity index (χ3v) is 7.86. The van der Waals surface area contributed by atoms with E-state index in [1.54, 1.807) is 0 Å². The van der Waals surface area contributed by atoms with E-state index in [2.05, 4.69) is 0 Å². The second-order valence-electron chi connectivity index (χ2n) is 2.88. The summed E-state index contributed by atoms with van der Waals surface area (Å²) in [7, 11) is 0. The molecule has 0 aromatic carbocycles. The molecule has 8 nitrogen and oxygen atoms in total. The van der Waals surface area contributed by atoms with Crippen molar-refractivity contribution in [2.75, 3.05) is 0 Å². The Balaban J connectivity index is 0. The molecule has 0 saturated heterocycles. The van der Waals surface area contributed by atoms with Gasteiger partial charge < -0.3 is 0 Å². The van der Waals surface area contributed by atoms with Crippen molar-refractivity contribution in [2.45, 2.75) is 0 Å². The summed E-state index contributed by atoms with van der Waals surface area (Å²) >= 11 is 0. The molecule has 10 heteroatoms. The minimum Gasteiger partial charge on any atom is 0 e. The summed E-state index contributed by atoms with van der Waals surface area (Å²) in [6, 6.07) is 0. The van der Waals surface area contributed by atoms with Crippen molar-refractivity contribution in [3.63, 3.8) is 0 Å². The van der Waals surface area contributed by atoms with E-state index in [0.717, 1.165) is 0 Å². The Hall–Kier alpha value is -2.35. The van der Waals surface area contributed by atoms with E-state index in [-0.39, 0.29) is 55.4 Å². The van der Waals surface area contributed by atoms with Gasteiger partial charge in [-0.2, -0.15) is 0 Å². The average Bonchev–Trinajstić information content (AvgIpc) is 2.48. The van der Waals surface area contributed by atoms with E-state index in [1.165, 1.54) is 0 Å². The van der Waals surface area contributed by atoms with E-state index in [1.807, 2.05) is 0 Å². The van der Waals surface area contributed by atoms with E-state index in [0.29, 0.717) is 0 Å². The van der Waals surface area contributed by atoms with Gasteiger partial charge in [0.25, 0.3) is 0 Å². The maximum Gasteiger partial charge on any atom is 0 e. The van der Waals surface area contributed by atoms with Crippen LogP contribution in [0.5, 0.6) is 0 Å². The van der Waals surface area contributed by atoms with Gasteiger partial charge in [-0.05, 0) is 0 Å². The maximum atomic E-state index is 10.8. The van der Waals surface area contributed by atoms with Crippen molar-refractivity contribution in [1.82, 2.24) is 0 Å². The molecule has 0 saturated carbocycles. The van der Waals surface area contributed by atoms with Gasteiger partial charge in [0.1, 0.15) is 0 Å². The van der Waals surface area contributed by atoms with E-state index >= 15 is 0 Å². The molecule has 0 aliphatic rings. The van der Waals surface area contributed by atoms with Crippen LogP contribution in [-0.4, -0.2) is 38.6 Å². The average molecular weight is 342 g/mol. The van der Waals surface area contributed by atoms with Gasteiger partial charge in [-0.1, -0.05) is 0 Å². The molecule has 0 aromatic rings. The van der Waals surface area contributed by atoms with Crippen LogP contribution in [0.2, 0.25) is 0 Å². The summed E-state index contributed by atoms with van der Waals surface area (Å²) < 4.78 is 0. The Bertz CT molecular complexity index is 1400. The van der Waals surface area contributed by atoms with E-state index < -0.39 is 4.97 Å². The van der Waals surface area contributed by atoms with Gasteiger partial charge in [0.15, 0.2) is 0 Å².